The zero-order chi connectivity index (χ0) is 6.57. The van der Waals surface area contributed by atoms with Crippen LogP contribution >= 0.6 is 8.03 Å². The van der Waals surface area contributed by atoms with E-state index in [1.165, 1.54) is 7.11 Å². The van der Waals surface area contributed by atoms with Gasteiger partial charge in [0.25, 0.3) is 0 Å². The van der Waals surface area contributed by atoms with Gasteiger partial charge >= 0.3 is 0 Å². The third-order valence-corrected chi connectivity index (χ3v) is 2.83. The van der Waals surface area contributed by atoms with E-state index in [1.54, 1.807) is 0 Å². The van der Waals surface area contributed by atoms with Crippen molar-refractivity contribution >= 4 is 8.03 Å². The van der Waals surface area contributed by atoms with Crippen molar-refractivity contribution in [1.82, 2.24) is 0 Å². The SMILES string of the molecule is CCC(C)[PH](=O)OC. The minimum atomic E-state index is -1.71. The molecule has 0 rings (SSSR count). The zero-order valence-electron chi connectivity index (χ0n) is 5.60. The monoisotopic (exact) mass is 136 g/mol. The molecule has 0 fully saturated rings. The van der Waals surface area contributed by atoms with Crippen LogP contribution in [0.3, 0.4) is 0 Å². The Bertz CT molecular complexity index is 82.5. The van der Waals surface area contributed by atoms with E-state index in [0.717, 1.165) is 6.42 Å². The fourth-order valence-electron chi connectivity index (χ4n) is 0.368. The molecule has 0 saturated heterocycles. The van der Waals surface area contributed by atoms with Gasteiger partial charge in [-0.2, -0.15) is 0 Å². The number of hydrogen-bond donors (Lipinski definition) is 0. The van der Waals surface area contributed by atoms with Gasteiger partial charge in [-0.05, 0) is 6.42 Å². The summed E-state index contributed by atoms with van der Waals surface area (Å²) < 4.78 is 15.4. The second kappa shape index (κ2) is 4.11. The Labute approximate surface area is 51.1 Å². The van der Waals surface area contributed by atoms with Gasteiger partial charge in [0.1, 0.15) is 0 Å². The summed E-state index contributed by atoms with van der Waals surface area (Å²) >= 11 is 0. The van der Waals surface area contributed by atoms with E-state index >= 15 is 0 Å². The van der Waals surface area contributed by atoms with Crippen LogP contribution in [0.4, 0.5) is 0 Å². The summed E-state index contributed by atoms with van der Waals surface area (Å²) in [5.41, 5.74) is 0.241. The van der Waals surface area contributed by atoms with Crippen molar-refractivity contribution < 1.29 is 9.09 Å². The molecule has 0 aromatic rings. The predicted molar refractivity (Wildman–Crippen MR) is 35.8 cm³/mol. The van der Waals surface area contributed by atoms with E-state index in [1.807, 2.05) is 13.8 Å². The standard InChI is InChI=1S/C5H13O2P/c1-4-5(2)8(6)7-3/h5,8H,4H2,1-3H3. The summed E-state index contributed by atoms with van der Waals surface area (Å²) in [6, 6.07) is 0. The van der Waals surface area contributed by atoms with Crippen molar-refractivity contribution in [3.63, 3.8) is 0 Å². The lowest BCUT2D eigenvalue weighted by molar-refractivity contribution is 0.405. The van der Waals surface area contributed by atoms with Gasteiger partial charge in [0.2, 0.25) is 0 Å². The molecule has 0 aromatic carbocycles. The first-order chi connectivity index (χ1) is 3.72. The molecule has 0 N–H and O–H groups in total. The second-order valence-corrected chi connectivity index (χ2v) is 3.86. The average molecular weight is 136 g/mol. The largest absolute Gasteiger partial charge is 0.334 e. The first kappa shape index (κ1) is 8.19. The van der Waals surface area contributed by atoms with Crippen molar-refractivity contribution in [2.24, 2.45) is 0 Å². The molecule has 0 aliphatic heterocycles. The predicted octanol–water partition coefficient (Wildman–Crippen LogP) is 1.91. The Balaban J connectivity index is 3.46. The van der Waals surface area contributed by atoms with E-state index in [2.05, 4.69) is 4.52 Å². The lowest BCUT2D eigenvalue weighted by Crippen LogP contribution is -1.91. The molecule has 3 heteroatoms. The Morgan fingerprint density at radius 3 is 2.38 bits per heavy atom. The molecule has 0 bridgehead atoms. The quantitative estimate of drug-likeness (QED) is 0.554. The minimum absolute atomic E-state index is 0.241. The van der Waals surface area contributed by atoms with Crippen LogP contribution in [0.15, 0.2) is 0 Å². The second-order valence-electron chi connectivity index (χ2n) is 1.83. The van der Waals surface area contributed by atoms with Gasteiger partial charge in [-0.1, -0.05) is 13.8 Å². The highest BCUT2D eigenvalue weighted by atomic mass is 31.1. The molecule has 8 heavy (non-hydrogen) atoms. The highest BCUT2D eigenvalue weighted by molar-refractivity contribution is 7.39. The summed E-state index contributed by atoms with van der Waals surface area (Å²) in [4.78, 5) is 0. The first-order valence-corrected chi connectivity index (χ1v) is 4.19. The normalized spacial score (nSPS) is 17.9. The molecule has 0 aliphatic carbocycles. The fraction of sp³-hybridized carbons (Fsp3) is 1.00. The van der Waals surface area contributed by atoms with Crippen molar-refractivity contribution in [3.8, 4) is 0 Å². The molecule has 2 unspecified atom stereocenters. The summed E-state index contributed by atoms with van der Waals surface area (Å²) in [6.07, 6.45) is 0.936. The maximum Gasteiger partial charge on any atom is 0.194 e. The van der Waals surface area contributed by atoms with Gasteiger partial charge in [-0.3, -0.25) is 4.57 Å². The molecule has 2 atom stereocenters. The zero-order valence-corrected chi connectivity index (χ0v) is 6.60. The van der Waals surface area contributed by atoms with Gasteiger partial charge in [0.15, 0.2) is 8.03 Å². The maximum atomic E-state index is 10.7. The van der Waals surface area contributed by atoms with Gasteiger partial charge in [-0.25, -0.2) is 0 Å². The van der Waals surface area contributed by atoms with Crippen LogP contribution in [0.5, 0.6) is 0 Å². The Morgan fingerprint density at radius 2 is 2.25 bits per heavy atom. The highest BCUT2D eigenvalue weighted by Gasteiger charge is 2.04. The van der Waals surface area contributed by atoms with Crippen molar-refractivity contribution in [2.45, 2.75) is 25.9 Å². The van der Waals surface area contributed by atoms with Crippen LogP contribution < -0.4 is 0 Å². The van der Waals surface area contributed by atoms with E-state index in [0.29, 0.717) is 0 Å². The Hall–Kier alpha value is 0.190. The van der Waals surface area contributed by atoms with Crippen LogP contribution in [0.2, 0.25) is 0 Å². The van der Waals surface area contributed by atoms with E-state index < -0.39 is 8.03 Å². The smallest absolute Gasteiger partial charge is 0.194 e. The van der Waals surface area contributed by atoms with Crippen LogP contribution in [0.25, 0.3) is 0 Å². The molecule has 0 heterocycles. The fourth-order valence-corrected chi connectivity index (χ4v) is 1.10. The van der Waals surface area contributed by atoms with Crippen LogP contribution in [0.1, 0.15) is 20.3 Å². The molecule has 0 radical (unpaired) electrons. The molecule has 0 spiro atoms. The highest BCUT2D eigenvalue weighted by Crippen LogP contribution is 2.29. The van der Waals surface area contributed by atoms with E-state index in [9.17, 15) is 4.57 Å². The maximum absolute atomic E-state index is 10.7. The summed E-state index contributed by atoms with van der Waals surface area (Å²) in [5.74, 6) is 0. The topological polar surface area (TPSA) is 26.3 Å². The molecule has 0 saturated carbocycles. The Morgan fingerprint density at radius 1 is 1.75 bits per heavy atom. The number of hydrogen-bond acceptors (Lipinski definition) is 2. The van der Waals surface area contributed by atoms with Gasteiger partial charge in [-0.15, -0.1) is 0 Å². The van der Waals surface area contributed by atoms with Crippen molar-refractivity contribution in [1.29, 1.82) is 0 Å². The third-order valence-electron chi connectivity index (χ3n) is 1.22. The van der Waals surface area contributed by atoms with Gasteiger partial charge < -0.3 is 4.52 Å². The molecule has 0 amide bonds. The van der Waals surface area contributed by atoms with Crippen LogP contribution in [0, 0.1) is 0 Å². The average Bonchev–Trinajstić information content (AvgIpc) is 1.84. The molecule has 2 nitrogen and oxygen atoms in total. The first-order valence-electron chi connectivity index (χ1n) is 2.80. The van der Waals surface area contributed by atoms with E-state index in [-0.39, 0.29) is 5.66 Å². The molecular weight excluding hydrogens is 123 g/mol. The van der Waals surface area contributed by atoms with Crippen molar-refractivity contribution in [3.05, 3.63) is 0 Å². The lowest BCUT2D eigenvalue weighted by atomic mass is 10.4. The van der Waals surface area contributed by atoms with Crippen LogP contribution in [-0.4, -0.2) is 12.8 Å². The molecular formula is C5H13O2P. The molecule has 0 aliphatic rings. The summed E-state index contributed by atoms with van der Waals surface area (Å²) in [7, 11) is -0.214. The third kappa shape index (κ3) is 2.49. The number of rotatable bonds is 3. The van der Waals surface area contributed by atoms with Gasteiger partial charge in [0.05, 0.1) is 0 Å². The van der Waals surface area contributed by atoms with Crippen molar-refractivity contribution in [2.75, 3.05) is 7.11 Å². The summed E-state index contributed by atoms with van der Waals surface area (Å²) in [6.45, 7) is 3.94. The van der Waals surface area contributed by atoms with E-state index in [4.69, 9.17) is 0 Å². The molecule has 0 aromatic heterocycles. The van der Waals surface area contributed by atoms with Gasteiger partial charge in [0, 0.05) is 12.8 Å². The van der Waals surface area contributed by atoms with Crippen LogP contribution in [-0.2, 0) is 9.09 Å². The summed E-state index contributed by atoms with van der Waals surface area (Å²) in [5, 5.41) is 0. The molecule has 50 valence electrons. The Kier molecular flexibility index (Phi) is 4.20. The minimum Gasteiger partial charge on any atom is -0.334 e. The lowest BCUT2D eigenvalue weighted by Gasteiger charge is -2.04.